The molecular weight excluding hydrogens is 466 g/mol. The lowest BCUT2D eigenvalue weighted by atomic mass is 9.94. The highest BCUT2D eigenvalue weighted by Crippen LogP contribution is 2.29. The Bertz CT molecular complexity index is 1470. The molecule has 188 valence electrons. The van der Waals surface area contributed by atoms with E-state index in [2.05, 4.69) is 10.3 Å². The number of aryl methyl sites for hydroxylation is 3. The summed E-state index contributed by atoms with van der Waals surface area (Å²) >= 11 is 0. The Kier molecular flexibility index (Phi) is 7.63. The van der Waals surface area contributed by atoms with Crippen LogP contribution in [-0.2, 0) is 9.59 Å². The molecule has 37 heavy (non-hydrogen) atoms. The van der Waals surface area contributed by atoms with E-state index < -0.39 is 24.0 Å². The lowest BCUT2D eigenvalue weighted by Crippen LogP contribution is -2.40. The number of carboxylic acids is 1. The fourth-order valence-corrected chi connectivity index (χ4v) is 4.62. The van der Waals surface area contributed by atoms with Crippen molar-refractivity contribution in [1.82, 2.24) is 14.9 Å². The van der Waals surface area contributed by atoms with E-state index in [1.807, 2.05) is 51.1 Å². The van der Waals surface area contributed by atoms with Crippen molar-refractivity contribution in [1.29, 1.82) is 0 Å². The SMILES string of the molecule is Cc1ccc(=O)n([C@@H](C(=O)NC(CC(=O)O)c2cncc(-c3c(C)cccc3C)c2)c2ccccc2)c1. The molecule has 0 aliphatic heterocycles. The Hall–Kier alpha value is -4.52. The second-order valence-corrected chi connectivity index (χ2v) is 9.20. The van der Waals surface area contributed by atoms with Gasteiger partial charge in [-0.05, 0) is 60.2 Å². The van der Waals surface area contributed by atoms with Crippen molar-refractivity contribution in [3.8, 4) is 11.1 Å². The lowest BCUT2D eigenvalue weighted by Gasteiger charge is -2.24. The van der Waals surface area contributed by atoms with Crippen LogP contribution in [0, 0.1) is 20.8 Å². The van der Waals surface area contributed by atoms with Crippen molar-refractivity contribution in [3.63, 3.8) is 0 Å². The Morgan fingerprint density at radius 2 is 1.62 bits per heavy atom. The molecule has 4 rings (SSSR count). The molecule has 0 spiro atoms. The normalized spacial score (nSPS) is 12.5. The van der Waals surface area contributed by atoms with Crippen LogP contribution < -0.4 is 10.9 Å². The van der Waals surface area contributed by atoms with E-state index in [4.69, 9.17) is 0 Å². The molecule has 2 N–H and O–H groups in total. The number of aliphatic carboxylic acids is 1. The number of carbonyl (C=O) groups excluding carboxylic acids is 1. The quantitative estimate of drug-likeness (QED) is 0.367. The molecule has 4 aromatic rings. The second-order valence-electron chi connectivity index (χ2n) is 9.20. The van der Waals surface area contributed by atoms with Crippen molar-refractivity contribution in [3.05, 3.63) is 123 Å². The number of rotatable bonds is 8. The molecule has 0 saturated heterocycles. The third-order valence-electron chi connectivity index (χ3n) is 6.35. The van der Waals surface area contributed by atoms with Crippen LogP contribution in [0.15, 0.2) is 90.1 Å². The van der Waals surface area contributed by atoms with Crippen LogP contribution in [0.1, 0.15) is 46.3 Å². The van der Waals surface area contributed by atoms with Crippen molar-refractivity contribution in [2.24, 2.45) is 0 Å². The number of pyridine rings is 2. The maximum absolute atomic E-state index is 13.8. The third-order valence-corrected chi connectivity index (χ3v) is 6.35. The van der Waals surface area contributed by atoms with Gasteiger partial charge in [-0.15, -0.1) is 0 Å². The summed E-state index contributed by atoms with van der Waals surface area (Å²) in [5.41, 5.74) is 5.67. The Balaban J connectivity index is 1.75. The van der Waals surface area contributed by atoms with Crippen molar-refractivity contribution < 1.29 is 14.7 Å². The minimum Gasteiger partial charge on any atom is -0.481 e. The van der Waals surface area contributed by atoms with Crippen LogP contribution in [0.4, 0.5) is 0 Å². The summed E-state index contributed by atoms with van der Waals surface area (Å²) in [4.78, 5) is 42.7. The molecule has 1 amide bonds. The fraction of sp³-hybridized carbons (Fsp3) is 0.200. The standard InChI is InChI=1S/C30H29N3O4/c1-19-12-13-26(34)33(18-19)29(22-10-5-4-6-11-22)30(37)32-25(15-27(35)36)23-14-24(17-31-16-23)28-20(2)8-7-9-21(28)3/h4-14,16-18,25,29H,15H2,1-3H3,(H,32,37)(H,35,36)/t25?,29-/m1/s1. The summed E-state index contributed by atoms with van der Waals surface area (Å²) in [5, 5.41) is 12.6. The molecule has 1 unspecified atom stereocenters. The zero-order valence-electron chi connectivity index (χ0n) is 21.0. The first-order valence-electron chi connectivity index (χ1n) is 12.0. The number of carboxylic acid groups (broad SMARTS) is 1. The van der Waals surface area contributed by atoms with E-state index in [1.165, 1.54) is 10.6 Å². The van der Waals surface area contributed by atoms with Gasteiger partial charge in [0.05, 0.1) is 12.5 Å². The molecule has 0 saturated carbocycles. The topological polar surface area (TPSA) is 101 Å². The fourth-order valence-electron chi connectivity index (χ4n) is 4.62. The van der Waals surface area contributed by atoms with E-state index >= 15 is 0 Å². The van der Waals surface area contributed by atoms with Crippen LogP contribution in [0.25, 0.3) is 11.1 Å². The van der Waals surface area contributed by atoms with Crippen LogP contribution in [0.5, 0.6) is 0 Å². The molecular formula is C30H29N3O4. The van der Waals surface area contributed by atoms with Crippen LogP contribution in [0.3, 0.4) is 0 Å². The number of amides is 1. The Labute approximate surface area is 215 Å². The molecule has 0 bridgehead atoms. The van der Waals surface area contributed by atoms with Crippen LogP contribution >= 0.6 is 0 Å². The van der Waals surface area contributed by atoms with Gasteiger partial charge in [-0.3, -0.25) is 23.9 Å². The van der Waals surface area contributed by atoms with E-state index in [1.54, 1.807) is 48.9 Å². The number of hydrogen-bond donors (Lipinski definition) is 2. The second kappa shape index (κ2) is 11.0. The van der Waals surface area contributed by atoms with E-state index in [9.17, 15) is 19.5 Å². The predicted octanol–water partition coefficient (Wildman–Crippen LogP) is 4.76. The highest BCUT2D eigenvalue weighted by Gasteiger charge is 2.28. The number of nitrogens with one attached hydrogen (secondary N) is 1. The molecule has 0 aliphatic carbocycles. The molecule has 7 heteroatoms. The summed E-state index contributed by atoms with van der Waals surface area (Å²) in [6.45, 7) is 5.86. The first kappa shape index (κ1) is 25.6. The zero-order valence-corrected chi connectivity index (χ0v) is 21.0. The number of benzene rings is 2. The molecule has 2 atom stereocenters. The molecule has 0 fully saturated rings. The first-order chi connectivity index (χ1) is 17.7. The van der Waals surface area contributed by atoms with Gasteiger partial charge in [0, 0.05) is 30.2 Å². The molecule has 0 radical (unpaired) electrons. The average Bonchev–Trinajstić information content (AvgIpc) is 2.86. The van der Waals surface area contributed by atoms with Crippen LogP contribution in [0.2, 0.25) is 0 Å². The highest BCUT2D eigenvalue weighted by atomic mass is 16.4. The third kappa shape index (κ3) is 5.83. The number of carbonyl (C=O) groups is 2. The van der Waals surface area contributed by atoms with Gasteiger partial charge in [-0.2, -0.15) is 0 Å². The van der Waals surface area contributed by atoms with Gasteiger partial charge in [-0.1, -0.05) is 54.6 Å². The minimum absolute atomic E-state index is 0.330. The van der Waals surface area contributed by atoms with Gasteiger partial charge in [0.1, 0.15) is 6.04 Å². The van der Waals surface area contributed by atoms with E-state index in [-0.39, 0.29) is 12.0 Å². The number of nitrogens with zero attached hydrogens (tertiary/aromatic N) is 2. The zero-order chi connectivity index (χ0) is 26.5. The Morgan fingerprint density at radius 1 is 0.919 bits per heavy atom. The molecule has 2 aromatic heterocycles. The average molecular weight is 496 g/mol. The van der Waals surface area contributed by atoms with E-state index in [0.717, 1.165) is 27.8 Å². The lowest BCUT2D eigenvalue weighted by molar-refractivity contribution is -0.137. The summed E-state index contributed by atoms with van der Waals surface area (Å²) in [7, 11) is 0. The minimum atomic E-state index is -1.06. The highest BCUT2D eigenvalue weighted by molar-refractivity contribution is 5.84. The molecule has 2 aromatic carbocycles. The van der Waals surface area contributed by atoms with E-state index in [0.29, 0.717) is 11.1 Å². The summed E-state index contributed by atoms with van der Waals surface area (Å²) in [5.74, 6) is -1.55. The van der Waals surface area contributed by atoms with Gasteiger partial charge in [0.2, 0.25) is 5.91 Å². The smallest absolute Gasteiger partial charge is 0.305 e. The molecule has 2 heterocycles. The van der Waals surface area contributed by atoms with Gasteiger partial charge < -0.3 is 10.4 Å². The maximum Gasteiger partial charge on any atom is 0.305 e. The molecule has 7 nitrogen and oxygen atoms in total. The maximum atomic E-state index is 13.8. The monoisotopic (exact) mass is 495 g/mol. The summed E-state index contributed by atoms with van der Waals surface area (Å²) in [6.07, 6.45) is 4.60. The number of aromatic nitrogens is 2. The Morgan fingerprint density at radius 3 is 2.30 bits per heavy atom. The van der Waals surface area contributed by atoms with Gasteiger partial charge in [0.15, 0.2) is 0 Å². The molecule has 0 aliphatic rings. The van der Waals surface area contributed by atoms with Gasteiger partial charge in [0.25, 0.3) is 5.56 Å². The first-order valence-corrected chi connectivity index (χ1v) is 12.0. The largest absolute Gasteiger partial charge is 0.481 e. The summed E-state index contributed by atoms with van der Waals surface area (Å²) in [6, 6.07) is 18.1. The van der Waals surface area contributed by atoms with Gasteiger partial charge in [-0.25, -0.2) is 0 Å². The predicted molar refractivity (Wildman–Crippen MR) is 142 cm³/mol. The summed E-state index contributed by atoms with van der Waals surface area (Å²) < 4.78 is 1.38. The van der Waals surface area contributed by atoms with Crippen LogP contribution in [-0.4, -0.2) is 26.5 Å². The number of hydrogen-bond acceptors (Lipinski definition) is 4. The van der Waals surface area contributed by atoms with Crippen molar-refractivity contribution >= 4 is 11.9 Å². The van der Waals surface area contributed by atoms with Crippen molar-refractivity contribution in [2.45, 2.75) is 39.3 Å². The van der Waals surface area contributed by atoms with Gasteiger partial charge >= 0.3 is 5.97 Å². The van der Waals surface area contributed by atoms with Crippen molar-refractivity contribution in [2.75, 3.05) is 0 Å².